The Balaban J connectivity index is 1.45. The second-order valence-electron chi connectivity index (χ2n) is 6.29. The fraction of sp³-hybridized carbons (Fsp3) is 0.389. The molecule has 1 aromatic carbocycles. The first-order chi connectivity index (χ1) is 12.4. The molecular formula is C18H21ClN4O2S. The number of rotatable bonds is 6. The maximum Gasteiger partial charge on any atom is 0.238 e. The van der Waals surface area contributed by atoms with Crippen molar-refractivity contribution in [2.75, 3.05) is 11.9 Å². The first-order valence-corrected chi connectivity index (χ1v) is 9.73. The first-order valence-electron chi connectivity index (χ1n) is 8.47. The maximum atomic E-state index is 12.2. The van der Waals surface area contributed by atoms with Gasteiger partial charge >= 0.3 is 0 Å². The van der Waals surface area contributed by atoms with Crippen molar-refractivity contribution < 1.29 is 9.59 Å². The van der Waals surface area contributed by atoms with Crippen molar-refractivity contribution in [1.29, 1.82) is 0 Å². The average Bonchev–Trinajstić information content (AvgIpc) is 2.90. The van der Waals surface area contributed by atoms with Crippen LogP contribution in [0, 0.1) is 13.8 Å². The van der Waals surface area contributed by atoms with Crippen LogP contribution in [0.15, 0.2) is 29.2 Å². The molecule has 0 saturated heterocycles. The summed E-state index contributed by atoms with van der Waals surface area (Å²) in [6.07, 6.45) is 0.942. The maximum absolute atomic E-state index is 12.2. The van der Waals surface area contributed by atoms with E-state index in [4.69, 9.17) is 11.6 Å². The van der Waals surface area contributed by atoms with Crippen LogP contribution in [0.4, 0.5) is 5.69 Å². The topological polar surface area (TPSA) is 76.0 Å². The lowest BCUT2D eigenvalue weighted by Crippen LogP contribution is -2.35. The third-order valence-corrected chi connectivity index (χ3v) is 5.61. The molecule has 3 rings (SSSR count). The quantitative estimate of drug-likeness (QED) is 0.740. The van der Waals surface area contributed by atoms with Crippen LogP contribution in [-0.2, 0) is 16.1 Å². The highest BCUT2D eigenvalue weighted by Crippen LogP contribution is 2.38. The fourth-order valence-electron chi connectivity index (χ4n) is 2.86. The highest BCUT2D eigenvalue weighted by atomic mass is 35.5. The third-order valence-electron chi connectivity index (χ3n) is 4.10. The summed E-state index contributed by atoms with van der Waals surface area (Å²) >= 11 is 7.34. The number of thioether (sulfide) groups is 1. The lowest BCUT2D eigenvalue weighted by molar-refractivity contribution is -0.124. The molecule has 2 N–H and O–H groups in total. The molecule has 2 aromatic rings. The van der Waals surface area contributed by atoms with Crippen LogP contribution in [-0.4, -0.2) is 33.4 Å². The monoisotopic (exact) mass is 392 g/mol. The average molecular weight is 393 g/mol. The highest BCUT2D eigenvalue weighted by molar-refractivity contribution is 8.01. The van der Waals surface area contributed by atoms with E-state index in [9.17, 15) is 9.59 Å². The number of nitrogens with zero attached hydrogens (tertiary/aromatic N) is 2. The molecule has 0 aliphatic carbocycles. The molecule has 0 radical (unpaired) electrons. The largest absolute Gasteiger partial charge is 0.356 e. The molecule has 1 aliphatic heterocycles. The molecule has 2 amide bonds. The van der Waals surface area contributed by atoms with Gasteiger partial charge in [-0.25, -0.2) is 0 Å². The van der Waals surface area contributed by atoms with E-state index >= 15 is 0 Å². The minimum atomic E-state index is -0.431. The number of hydrogen-bond acceptors (Lipinski definition) is 4. The van der Waals surface area contributed by atoms with Gasteiger partial charge in [0.15, 0.2) is 0 Å². The number of carbonyl (C=O) groups excluding carboxylic acids is 2. The smallest absolute Gasteiger partial charge is 0.238 e. The Kier molecular flexibility index (Phi) is 5.88. The van der Waals surface area contributed by atoms with Crippen LogP contribution < -0.4 is 10.6 Å². The molecule has 1 unspecified atom stereocenters. The van der Waals surface area contributed by atoms with E-state index in [2.05, 4.69) is 15.7 Å². The van der Waals surface area contributed by atoms with E-state index in [0.29, 0.717) is 17.3 Å². The molecule has 8 heteroatoms. The number of benzene rings is 1. The van der Waals surface area contributed by atoms with Gasteiger partial charge in [0.2, 0.25) is 11.8 Å². The first kappa shape index (κ1) is 18.8. The normalized spacial score (nSPS) is 16.1. The standard InChI is InChI=1S/C18H21ClN4O2S/c1-11-8-12(2)23(22-11)7-3-6-20-17(24)10-16-18(25)21-14-9-13(19)4-5-15(14)26-16/h4-5,8-9,16H,3,6-7,10H2,1-2H3,(H,20,24)(H,21,25). The number of hydrogen-bond donors (Lipinski definition) is 2. The molecular weight excluding hydrogens is 372 g/mol. The molecule has 1 aromatic heterocycles. The van der Waals surface area contributed by atoms with E-state index in [1.165, 1.54) is 11.8 Å². The molecule has 6 nitrogen and oxygen atoms in total. The molecule has 1 atom stereocenters. The summed E-state index contributed by atoms with van der Waals surface area (Å²) in [6.45, 7) is 5.29. The molecule has 0 saturated carbocycles. The zero-order valence-electron chi connectivity index (χ0n) is 14.7. The van der Waals surface area contributed by atoms with Gasteiger partial charge in [-0.15, -0.1) is 11.8 Å². The molecule has 0 fully saturated rings. The highest BCUT2D eigenvalue weighted by Gasteiger charge is 2.28. The molecule has 138 valence electrons. The number of amides is 2. The molecule has 0 spiro atoms. The minimum absolute atomic E-state index is 0.122. The summed E-state index contributed by atoms with van der Waals surface area (Å²) in [5.74, 6) is -0.286. The van der Waals surface area contributed by atoms with Crippen molar-refractivity contribution in [3.05, 3.63) is 40.7 Å². The second kappa shape index (κ2) is 8.14. The Morgan fingerprint density at radius 1 is 1.38 bits per heavy atom. The van der Waals surface area contributed by atoms with E-state index < -0.39 is 5.25 Å². The van der Waals surface area contributed by atoms with E-state index in [1.807, 2.05) is 30.7 Å². The van der Waals surface area contributed by atoms with Crippen molar-refractivity contribution in [2.24, 2.45) is 0 Å². The van der Waals surface area contributed by atoms with Crippen LogP contribution >= 0.6 is 23.4 Å². The Morgan fingerprint density at radius 2 is 2.19 bits per heavy atom. The minimum Gasteiger partial charge on any atom is -0.356 e. The van der Waals surface area contributed by atoms with Crippen molar-refractivity contribution in [1.82, 2.24) is 15.1 Å². The van der Waals surface area contributed by atoms with E-state index in [0.717, 1.165) is 29.2 Å². The van der Waals surface area contributed by atoms with Gasteiger partial charge in [0, 0.05) is 35.1 Å². The van der Waals surface area contributed by atoms with E-state index in [1.54, 1.807) is 12.1 Å². The Bertz CT molecular complexity index is 837. The van der Waals surface area contributed by atoms with Crippen molar-refractivity contribution in [3.63, 3.8) is 0 Å². The summed E-state index contributed by atoms with van der Waals surface area (Å²) < 4.78 is 1.94. The van der Waals surface area contributed by atoms with Crippen LogP contribution in [0.3, 0.4) is 0 Å². The fourth-order valence-corrected chi connectivity index (χ4v) is 4.12. The Labute approximate surface area is 161 Å². The summed E-state index contributed by atoms with van der Waals surface area (Å²) in [7, 11) is 0. The second-order valence-corrected chi connectivity index (χ2v) is 7.98. The van der Waals surface area contributed by atoms with Crippen molar-refractivity contribution >= 4 is 40.9 Å². The van der Waals surface area contributed by atoms with Crippen molar-refractivity contribution in [2.45, 2.75) is 43.4 Å². The van der Waals surface area contributed by atoms with Crippen LogP contribution in [0.5, 0.6) is 0 Å². The number of fused-ring (bicyclic) bond motifs is 1. The number of carbonyl (C=O) groups is 2. The lowest BCUT2D eigenvalue weighted by atomic mass is 10.2. The summed E-state index contributed by atoms with van der Waals surface area (Å²) in [6, 6.07) is 7.39. The van der Waals surface area contributed by atoms with Gasteiger partial charge in [-0.1, -0.05) is 11.6 Å². The van der Waals surface area contributed by atoms with Gasteiger partial charge in [0.25, 0.3) is 0 Å². The van der Waals surface area contributed by atoms with Gasteiger partial charge in [-0.3, -0.25) is 14.3 Å². The van der Waals surface area contributed by atoms with Crippen LogP contribution in [0.1, 0.15) is 24.2 Å². The van der Waals surface area contributed by atoms with Gasteiger partial charge in [0.1, 0.15) is 0 Å². The predicted octanol–water partition coefficient (Wildman–Crippen LogP) is 3.16. The SMILES string of the molecule is Cc1cc(C)n(CCCNC(=O)CC2Sc3ccc(Cl)cc3NC2=O)n1. The Morgan fingerprint density at radius 3 is 2.92 bits per heavy atom. The number of aromatic nitrogens is 2. The summed E-state index contributed by atoms with van der Waals surface area (Å²) in [4.78, 5) is 25.3. The van der Waals surface area contributed by atoms with Crippen LogP contribution in [0.25, 0.3) is 0 Å². The summed E-state index contributed by atoms with van der Waals surface area (Å²) in [5.41, 5.74) is 2.81. The predicted molar refractivity (Wildman–Crippen MR) is 104 cm³/mol. The van der Waals surface area contributed by atoms with E-state index in [-0.39, 0.29) is 18.2 Å². The number of aryl methyl sites for hydroxylation is 3. The number of halogens is 1. The molecule has 1 aliphatic rings. The van der Waals surface area contributed by atoms with Gasteiger partial charge in [0.05, 0.1) is 16.6 Å². The lowest BCUT2D eigenvalue weighted by Gasteiger charge is -2.23. The number of nitrogens with one attached hydrogen (secondary N) is 2. The zero-order valence-corrected chi connectivity index (χ0v) is 16.3. The van der Waals surface area contributed by atoms with Gasteiger partial charge < -0.3 is 10.6 Å². The van der Waals surface area contributed by atoms with Crippen molar-refractivity contribution in [3.8, 4) is 0 Å². The Hall–Kier alpha value is -1.99. The number of anilines is 1. The van der Waals surface area contributed by atoms with Crippen LogP contribution in [0.2, 0.25) is 5.02 Å². The zero-order chi connectivity index (χ0) is 18.7. The molecule has 0 bridgehead atoms. The summed E-state index contributed by atoms with van der Waals surface area (Å²) in [5, 5.41) is 10.2. The van der Waals surface area contributed by atoms with Gasteiger partial charge in [-0.05, 0) is 44.5 Å². The third kappa shape index (κ3) is 4.59. The van der Waals surface area contributed by atoms with Gasteiger partial charge in [-0.2, -0.15) is 5.10 Å². The molecule has 2 heterocycles. The molecule has 26 heavy (non-hydrogen) atoms.